The molecule has 0 aliphatic carbocycles. The highest BCUT2D eigenvalue weighted by Gasteiger charge is 1.82. The Bertz CT molecular complexity index is 197. The minimum absolute atomic E-state index is 0.724. The highest BCUT2D eigenvalue weighted by Crippen LogP contribution is 2.07. The van der Waals surface area contributed by atoms with Crippen molar-refractivity contribution in [2.45, 2.75) is 13.3 Å². The number of allylic oxidation sites excluding steroid dienone is 6. The molecule has 0 nitrogen and oxygen atoms in total. The molecule has 0 aromatic rings. The second-order valence-electron chi connectivity index (χ2n) is 2.31. The monoisotopic (exact) mass is 168 g/mol. The fourth-order valence-electron chi connectivity index (χ4n) is 0.523. The summed E-state index contributed by atoms with van der Waals surface area (Å²) in [5.41, 5.74) is 1.02. The van der Waals surface area contributed by atoms with Gasteiger partial charge in [-0.3, -0.25) is 0 Å². The Balaban J connectivity index is 3.90. The summed E-state index contributed by atoms with van der Waals surface area (Å²) in [6, 6.07) is 0. The first-order chi connectivity index (χ1) is 5.16. The van der Waals surface area contributed by atoms with Crippen LogP contribution in [0.5, 0.6) is 0 Å². The largest absolute Gasteiger partial charge is 0.103 e. The zero-order valence-electron chi connectivity index (χ0n) is 6.81. The summed E-state index contributed by atoms with van der Waals surface area (Å²) in [5, 5.41) is 0.789. The molecule has 1 heteroatoms. The Labute approximate surface area is 73.6 Å². The summed E-state index contributed by atoms with van der Waals surface area (Å²) in [5.74, 6) is 0. The van der Waals surface area contributed by atoms with E-state index >= 15 is 0 Å². The lowest BCUT2D eigenvalue weighted by atomic mass is 10.3. The van der Waals surface area contributed by atoms with E-state index in [1.165, 1.54) is 0 Å². The van der Waals surface area contributed by atoms with E-state index in [2.05, 4.69) is 13.2 Å². The summed E-state index contributed by atoms with van der Waals surface area (Å²) in [4.78, 5) is 0. The molecule has 0 spiro atoms. The summed E-state index contributed by atoms with van der Waals surface area (Å²) >= 11 is 5.77. The molecule has 0 atom stereocenters. The quantitative estimate of drug-likeness (QED) is 0.442. The van der Waals surface area contributed by atoms with Crippen molar-refractivity contribution in [3.63, 3.8) is 0 Å². The lowest BCUT2D eigenvalue weighted by Crippen LogP contribution is -1.66. The molecule has 60 valence electrons. The van der Waals surface area contributed by atoms with Crippen molar-refractivity contribution in [1.82, 2.24) is 0 Å². The van der Waals surface area contributed by atoms with Crippen LogP contribution in [0.3, 0.4) is 0 Å². The molecule has 0 saturated heterocycles. The molecule has 0 unspecified atom stereocenters. The Morgan fingerprint density at radius 2 is 2.18 bits per heavy atom. The SMILES string of the molecule is C=CC/C(Cl)=C\C=C/C(=C)C. The van der Waals surface area contributed by atoms with E-state index in [9.17, 15) is 0 Å². The predicted molar refractivity (Wildman–Crippen MR) is 52.7 cm³/mol. The highest BCUT2D eigenvalue weighted by molar-refractivity contribution is 6.29. The average molecular weight is 169 g/mol. The van der Waals surface area contributed by atoms with E-state index in [1.54, 1.807) is 6.08 Å². The summed E-state index contributed by atoms with van der Waals surface area (Å²) in [7, 11) is 0. The van der Waals surface area contributed by atoms with Crippen LogP contribution >= 0.6 is 11.6 Å². The van der Waals surface area contributed by atoms with Gasteiger partial charge in [0, 0.05) is 11.5 Å². The molecular weight excluding hydrogens is 156 g/mol. The van der Waals surface area contributed by atoms with Crippen molar-refractivity contribution in [3.05, 3.63) is 48.1 Å². The molecule has 0 fully saturated rings. The maximum absolute atomic E-state index is 5.77. The minimum Gasteiger partial charge on any atom is -0.103 e. The Morgan fingerprint density at radius 1 is 1.55 bits per heavy atom. The number of rotatable bonds is 4. The molecule has 0 heterocycles. The third-order valence-corrected chi connectivity index (χ3v) is 1.28. The van der Waals surface area contributed by atoms with Crippen LogP contribution in [0.25, 0.3) is 0 Å². The standard InChI is InChI=1S/C10H13Cl/c1-4-6-10(11)8-5-7-9(2)3/h4-5,7-8H,1-2,6H2,3H3/b7-5-,10-8+. The van der Waals surface area contributed by atoms with E-state index in [4.69, 9.17) is 11.6 Å². The van der Waals surface area contributed by atoms with Crippen molar-refractivity contribution < 1.29 is 0 Å². The van der Waals surface area contributed by atoms with E-state index < -0.39 is 0 Å². The first-order valence-electron chi connectivity index (χ1n) is 3.46. The molecule has 0 N–H and O–H groups in total. The normalized spacial score (nSPS) is 12.0. The van der Waals surface area contributed by atoms with Gasteiger partial charge >= 0.3 is 0 Å². The maximum Gasteiger partial charge on any atom is 0.0218 e. The second kappa shape index (κ2) is 5.99. The molecule has 0 aliphatic heterocycles. The smallest absolute Gasteiger partial charge is 0.0218 e. The number of halogens is 1. The van der Waals surface area contributed by atoms with Gasteiger partial charge in [-0.15, -0.1) is 6.58 Å². The molecule has 0 aromatic carbocycles. The molecule has 0 bridgehead atoms. The lowest BCUT2D eigenvalue weighted by Gasteiger charge is -1.87. The van der Waals surface area contributed by atoms with E-state index in [0.29, 0.717) is 0 Å². The van der Waals surface area contributed by atoms with Gasteiger partial charge in [-0.1, -0.05) is 42.0 Å². The molecule has 0 aromatic heterocycles. The van der Waals surface area contributed by atoms with Crippen LogP contribution in [-0.2, 0) is 0 Å². The molecule has 0 rings (SSSR count). The van der Waals surface area contributed by atoms with Crippen molar-refractivity contribution in [2.24, 2.45) is 0 Å². The van der Waals surface area contributed by atoms with Crippen molar-refractivity contribution in [2.75, 3.05) is 0 Å². The van der Waals surface area contributed by atoms with E-state index in [-0.39, 0.29) is 0 Å². The van der Waals surface area contributed by atoms with Gasteiger partial charge in [0.2, 0.25) is 0 Å². The topological polar surface area (TPSA) is 0 Å². The number of hydrogen-bond acceptors (Lipinski definition) is 0. The van der Waals surface area contributed by atoms with Gasteiger partial charge in [0.15, 0.2) is 0 Å². The van der Waals surface area contributed by atoms with Crippen LogP contribution in [-0.4, -0.2) is 0 Å². The van der Waals surface area contributed by atoms with Gasteiger partial charge in [-0.2, -0.15) is 0 Å². The van der Waals surface area contributed by atoms with E-state index in [1.807, 2.05) is 25.2 Å². The van der Waals surface area contributed by atoms with E-state index in [0.717, 1.165) is 17.0 Å². The van der Waals surface area contributed by atoms with Gasteiger partial charge in [-0.25, -0.2) is 0 Å². The molecule has 0 saturated carbocycles. The van der Waals surface area contributed by atoms with Crippen molar-refractivity contribution in [1.29, 1.82) is 0 Å². The fraction of sp³-hybridized carbons (Fsp3) is 0.200. The van der Waals surface area contributed by atoms with Crippen molar-refractivity contribution >= 4 is 11.6 Å². The Kier molecular flexibility index (Phi) is 5.58. The van der Waals surface area contributed by atoms with Crippen LogP contribution < -0.4 is 0 Å². The average Bonchev–Trinajstić information content (AvgIpc) is 1.87. The zero-order chi connectivity index (χ0) is 8.69. The highest BCUT2D eigenvalue weighted by atomic mass is 35.5. The summed E-state index contributed by atoms with van der Waals surface area (Å²) in [6.07, 6.45) is 8.13. The Hall–Kier alpha value is -0.750. The zero-order valence-corrected chi connectivity index (χ0v) is 7.56. The van der Waals surface area contributed by atoms with Gasteiger partial charge in [0.05, 0.1) is 0 Å². The first-order valence-corrected chi connectivity index (χ1v) is 3.83. The lowest BCUT2D eigenvalue weighted by molar-refractivity contribution is 1.36. The van der Waals surface area contributed by atoms with Gasteiger partial charge in [0.1, 0.15) is 0 Å². The first kappa shape index (κ1) is 10.2. The molecule has 0 amide bonds. The fourth-order valence-corrected chi connectivity index (χ4v) is 0.705. The molecule has 11 heavy (non-hydrogen) atoms. The molecule has 0 aliphatic rings. The molecule has 0 radical (unpaired) electrons. The summed E-state index contributed by atoms with van der Waals surface area (Å²) < 4.78 is 0. The van der Waals surface area contributed by atoms with Crippen LogP contribution in [0.15, 0.2) is 48.1 Å². The van der Waals surface area contributed by atoms with Crippen LogP contribution in [0, 0.1) is 0 Å². The van der Waals surface area contributed by atoms with Crippen LogP contribution in [0.2, 0.25) is 0 Å². The summed E-state index contributed by atoms with van der Waals surface area (Å²) in [6.45, 7) is 9.23. The third kappa shape index (κ3) is 7.14. The van der Waals surface area contributed by atoms with Crippen LogP contribution in [0.4, 0.5) is 0 Å². The Morgan fingerprint density at radius 3 is 2.64 bits per heavy atom. The minimum atomic E-state index is 0.724. The van der Waals surface area contributed by atoms with Gasteiger partial charge in [0.25, 0.3) is 0 Å². The third-order valence-electron chi connectivity index (χ3n) is 0.997. The van der Waals surface area contributed by atoms with Gasteiger partial charge in [-0.05, 0) is 13.0 Å². The second-order valence-corrected chi connectivity index (χ2v) is 2.80. The maximum atomic E-state index is 5.77. The predicted octanol–water partition coefficient (Wildman–Crippen LogP) is 3.82. The molecular formula is C10H13Cl. The van der Waals surface area contributed by atoms with Crippen LogP contribution in [0.1, 0.15) is 13.3 Å². The van der Waals surface area contributed by atoms with Crippen molar-refractivity contribution in [3.8, 4) is 0 Å². The number of hydrogen-bond donors (Lipinski definition) is 0. The van der Waals surface area contributed by atoms with Gasteiger partial charge < -0.3 is 0 Å².